The van der Waals surface area contributed by atoms with Gasteiger partial charge in [-0.25, -0.2) is 0 Å². The third-order valence-corrected chi connectivity index (χ3v) is 5.23. The monoisotopic (exact) mass is 429 g/mol. The van der Waals surface area contributed by atoms with Gasteiger partial charge in [0, 0.05) is 28.0 Å². The van der Waals surface area contributed by atoms with Crippen LogP contribution in [0.1, 0.15) is 28.6 Å². The van der Waals surface area contributed by atoms with E-state index >= 15 is 0 Å². The Morgan fingerprint density at radius 3 is 2.70 bits per heavy atom. The molecule has 0 saturated heterocycles. The molecule has 4 rings (SSSR count). The fourth-order valence-corrected chi connectivity index (χ4v) is 3.62. The first-order valence-corrected chi connectivity index (χ1v) is 9.94. The van der Waals surface area contributed by atoms with Crippen molar-refractivity contribution < 1.29 is 22.7 Å². The average Bonchev–Trinajstić information content (AvgIpc) is 3.32. The summed E-state index contributed by atoms with van der Waals surface area (Å²) in [6.07, 6.45) is 0.894. The second-order valence-corrected chi connectivity index (χ2v) is 7.27. The molecule has 6 nitrogen and oxygen atoms in total. The number of amides is 1. The lowest BCUT2D eigenvalue weighted by molar-refractivity contribution is -0.0498. The van der Waals surface area contributed by atoms with Crippen LogP contribution in [0.15, 0.2) is 46.9 Å². The number of ether oxygens (including phenoxy) is 1. The predicted octanol–water partition coefficient (Wildman–Crippen LogP) is 5.68. The zero-order valence-corrected chi connectivity index (χ0v) is 16.9. The minimum atomic E-state index is -2.88. The first-order valence-electron chi connectivity index (χ1n) is 9.17. The Labute approximate surface area is 174 Å². The van der Waals surface area contributed by atoms with E-state index in [1.807, 2.05) is 25.1 Å². The Kier molecular flexibility index (Phi) is 5.45. The van der Waals surface area contributed by atoms with Gasteiger partial charge in [0.25, 0.3) is 5.91 Å². The normalized spacial score (nSPS) is 11.2. The molecule has 0 unspecified atom stereocenters. The summed E-state index contributed by atoms with van der Waals surface area (Å²) in [6.45, 7) is 1.02. The third-order valence-electron chi connectivity index (χ3n) is 4.60. The summed E-state index contributed by atoms with van der Waals surface area (Å²) in [7, 11) is 0. The number of benzene rings is 2. The summed E-state index contributed by atoms with van der Waals surface area (Å²) in [5.41, 5.74) is 3.19. The molecule has 2 heterocycles. The molecule has 2 aromatic heterocycles. The number of nitrogens with zero attached hydrogens (tertiary/aromatic N) is 2. The topological polar surface area (TPSA) is 77.2 Å². The summed E-state index contributed by atoms with van der Waals surface area (Å²) < 4.78 is 38.8. The highest BCUT2D eigenvalue weighted by atomic mass is 32.1. The van der Waals surface area contributed by atoms with Crippen LogP contribution < -0.4 is 10.1 Å². The smallest absolute Gasteiger partial charge is 0.387 e. The zero-order valence-electron chi connectivity index (χ0n) is 16.1. The lowest BCUT2D eigenvalue weighted by atomic mass is 10.1. The van der Waals surface area contributed by atoms with Crippen LogP contribution in [0.4, 0.5) is 13.9 Å². The number of hydrogen-bond acceptors (Lipinski definition) is 6. The number of rotatable bonds is 6. The Morgan fingerprint density at radius 2 is 2.00 bits per heavy atom. The van der Waals surface area contributed by atoms with E-state index in [-0.39, 0.29) is 11.5 Å². The molecule has 0 aliphatic rings. The van der Waals surface area contributed by atoms with E-state index in [1.165, 1.54) is 12.1 Å². The van der Waals surface area contributed by atoms with Crippen LogP contribution in [0.25, 0.3) is 22.4 Å². The minimum Gasteiger partial charge on any atom is -0.451 e. The van der Waals surface area contributed by atoms with Gasteiger partial charge in [-0.2, -0.15) is 18.1 Å². The molecular weight excluding hydrogens is 412 g/mol. The molecule has 0 aliphatic heterocycles. The summed E-state index contributed by atoms with van der Waals surface area (Å²) >= 11 is 1.02. The summed E-state index contributed by atoms with van der Waals surface area (Å²) in [4.78, 5) is 17.0. The highest BCUT2D eigenvalue weighted by Gasteiger charge is 2.19. The molecule has 0 radical (unpaired) electrons. The van der Waals surface area contributed by atoms with E-state index in [2.05, 4.69) is 26.3 Å². The molecule has 2 aromatic carbocycles. The minimum absolute atomic E-state index is 0.0455. The molecule has 1 amide bonds. The molecular formula is C21H17F2N3O3S. The number of aryl methyl sites for hydroxylation is 2. The lowest BCUT2D eigenvalue weighted by Gasteiger charge is -2.04. The van der Waals surface area contributed by atoms with Gasteiger partial charge in [-0.3, -0.25) is 10.1 Å². The van der Waals surface area contributed by atoms with Crippen molar-refractivity contribution in [2.75, 3.05) is 5.32 Å². The van der Waals surface area contributed by atoms with Crippen LogP contribution in [0, 0.1) is 6.92 Å². The fourth-order valence-electron chi connectivity index (χ4n) is 3.04. The summed E-state index contributed by atoms with van der Waals surface area (Å²) in [5, 5.41) is 3.91. The number of aromatic nitrogens is 2. The lowest BCUT2D eigenvalue weighted by Crippen LogP contribution is -2.11. The van der Waals surface area contributed by atoms with Crippen molar-refractivity contribution in [1.82, 2.24) is 9.36 Å². The predicted molar refractivity (Wildman–Crippen MR) is 110 cm³/mol. The number of carbonyl (C=O) groups excluding carboxylic acids is 1. The number of carbonyl (C=O) groups is 1. The van der Waals surface area contributed by atoms with Gasteiger partial charge < -0.3 is 9.15 Å². The van der Waals surface area contributed by atoms with Crippen LogP contribution in [0.5, 0.6) is 5.75 Å². The van der Waals surface area contributed by atoms with E-state index in [4.69, 9.17) is 4.42 Å². The second kappa shape index (κ2) is 8.19. The Morgan fingerprint density at radius 1 is 1.23 bits per heavy atom. The number of furan rings is 1. The Bertz CT molecular complexity index is 1200. The van der Waals surface area contributed by atoms with Gasteiger partial charge >= 0.3 is 6.61 Å². The maximum atomic E-state index is 12.7. The number of halogens is 2. The van der Waals surface area contributed by atoms with Crippen LogP contribution in [0.3, 0.4) is 0 Å². The molecule has 0 bridgehead atoms. The van der Waals surface area contributed by atoms with Gasteiger partial charge in [0.05, 0.1) is 0 Å². The molecule has 0 spiro atoms. The summed E-state index contributed by atoms with van der Waals surface area (Å²) in [6, 6.07) is 11.8. The van der Waals surface area contributed by atoms with Crippen molar-refractivity contribution in [3.63, 3.8) is 0 Å². The van der Waals surface area contributed by atoms with Crippen LogP contribution in [0.2, 0.25) is 0 Å². The first-order chi connectivity index (χ1) is 14.4. The molecule has 4 aromatic rings. The quantitative estimate of drug-likeness (QED) is 0.427. The molecule has 154 valence electrons. The zero-order chi connectivity index (χ0) is 21.3. The van der Waals surface area contributed by atoms with Crippen LogP contribution >= 0.6 is 11.5 Å². The van der Waals surface area contributed by atoms with E-state index in [9.17, 15) is 13.6 Å². The molecule has 30 heavy (non-hydrogen) atoms. The molecule has 9 heteroatoms. The van der Waals surface area contributed by atoms with Crippen LogP contribution in [-0.2, 0) is 6.42 Å². The molecule has 1 N–H and O–H groups in total. The highest BCUT2D eigenvalue weighted by Crippen LogP contribution is 2.28. The van der Waals surface area contributed by atoms with Crippen molar-refractivity contribution >= 4 is 33.5 Å². The van der Waals surface area contributed by atoms with Gasteiger partial charge in [-0.15, -0.1) is 0 Å². The number of alkyl halides is 2. The fraction of sp³-hybridized carbons (Fsp3) is 0.190. The van der Waals surface area contributed by atoms with Gasteiger partial charge in [0.15, 0.2) is 11.6 Å². The van der Waals surface area contributed by atoms with E-state index in [0.29, 0.717) is 22.1 Å². The van der Waals surface area contributed by atoms with E-state index in [0.717, 1.165) is 34.5 Å². The number of nitrogens with one attached hydrogen (secondary N) is 1. The van der Waals surface area contributed by atoms with Gasteiger partial charge in [-0.1, -0.05) is 13.0 Å². The van der Waals surface area contributed by atoms with Crippen molar-refractivity contribution in [2.45, 2.75) is 26.9 Å². The van der Waals surface area contributed by atoms with Crippen molar-refractivity contribution in [3.8, 4) is 17.1 Å². The second-order valence-electron chi connectivity index (χ2n) is 6.52. The van der Waals surface area contributed by atoms with Crippen molar-refractivity contribution in [2.24, 2.45) is 0 Å². The molecule has 0 saturated carbocycles. The molecule has 0 aliphatic carbocycles. The van der Waals surface area contributed by atoms with Crippen molar-refractivity contribution in [3.05, 3.63) is 59.4 Å². The Hall–Kier alpha value is -3.33. The number of hydrogen-bond donors (Lipinski definition) is 1. The SMILES string of the molecule is CCc1ccc2oc(C(=O)Nc3nc(-c4ccc(OC(F)F)cc4)ns3)c(C)c2c1. The van der Waals surface area contributed by atoms with Gasteiger partial charge in [-0.05, 0) is 55.3 Å². The highest BCUT2D eigenvalue weighted by molar-refractivity contribution is 7.10. The maximum absolute atomic E-state index is 12.7. The number of anilines is 1. The van der Waals surface area contributed by atoms with E-state index < -0.39 is 12.5 Å². The first kappa shape index (κ1) is 20.0. The van der Waals surface area contributed by atoms with Gasteiger partial charge in [0.1, 0.15) is 11.3 Å². The maximum Gasteiger partial charge on any atom is 0.387 e. The van der Waals surface area contributed by atoms with Crippen molar-refractivity contribution in [1.29, 1.82) is 0 Å². The largest absolute Gasteiger partial charge is 0.451 e. The van der Waals surface area contributed by atoms with Crippen LogP contribution in [-0.4, -0.2) is 21.9 Å². The third kappa shape index (κ3) is 4.02. The molecule has 0 fully saturated rings. The standard InChI is InChI=1S/C21H17F2N3O3S/c1-3-12-4-9-16-15(10-12)11(2)17(29-16)19(27)25-21-24-18(26-30-21)13-5-7-14(8-6-13)28-20(22)23/h4-10,20H,3H2,1-2H3,(H,24,25,26,27). The summed E-state index contributed by atoms with van der Waals surface area (Å²) in [5.74, 6) is 0.227. The number of fused-ring (bicyclic) bond motifs is 1. The Balaban J connectivity index is 1.52. The van der Waals surface area contributed by atoms with Gasteiger partial charge in [0.2, 0.25) is 5.13 Å². The van der Waals surface area contributed by atoms with E-state index in [1.54, 1.807) is 12.1 Å². The average molecular weight is 429 g/mol. The molecule has 0 atom stereocenters.